The zero-order valence-electron chi connectivity index (χ0n) is 37.5. The van der Waals surface area contributed by atoms with Crippen LogP contribution in [-0.4, -0.2) is 4.57 Å². The lowest BCUT2D eigenvalue weighted by Crippen LogP contribution is -2.11. The Morgan fingerprint density at radius 3 is 1.18 bits per heavy atom. The SMILES string of the molecule is c1ccc(-c2ccc(-c3ccc(N(c4ccc(-n5c6ccccc6c6ccccc65)cc4)c4ccccc4-c4ccccc4-c4cc(-c5ccccc5)ccc4-c4ccccc4)cc3)cc2)cc1. The Labute approximate surface area is 397 Å². The molecule has 0 aliphatic carbocycles. The topological polar surface area (TPSA) is 8.17 Å². The summed E-state index contributed by atoms with van der Waals surface area (Å²) in [7, 11) is 0. The van der Waals surface area contributed by atoms with Crippen molar-refractivity contribution in [3.05, 3.63) is 279 Å². The molecule has 0 bridgehead atoms. The first kappa shape index (κ1) is 40.5. The first-order valence-corrected chi connectivity index (χ1v) is 23.3. The Hall–Kier alpha value is -8.98. The van der Waals surface area contributed by atoms with Gasteiger partial charge in [-0.25, -0.2) is 0 Å². The third-order valence-electron chi connectivity index (χ3n) is 13.3. The van der Waals surface area contributed by atoms with Crippen molar-refractivity contribution in [1.29, 1.82) is 0 Å². The van der Waals surface area contributed by atoms with Crippen LogP contribution in [0.4, 0.5) is 17.1 Å². The van der Waals surface area contributed by atoms with Crippen LogP contribution in [-0.2, 0) is 0 Å². The summed E-state index contributed by atoms with van der Waals surface area (Å²) in [5, 5.41) is 2.50. The second-order valence-corrected chi connectivity index (χ2v) is 17.3. The number of fused-ring (bicyclic) bond motifs is 3. The minimum absolute atomic E-state index is 1.07. The van der Waals surface area contributed by atoms with Gasteiger partial charge in [0.2, 0.25) is 0 Å². The molecule has 0 amide bonds. The molecule has 2 heteroatoms. The van der Waals surface area contributed by atoms with Crippen LogP contribution < -0.4 is 4.90 Å². The summed E-state index contributed by atoms with van der Waals surface area (Å²) in [5.74, 6) is 0. The van der Waals surface area contributed by atoms with Gasteiger partial charge in [0.25, 0.3) is 0 Å². The van der Waals surface area contributed by atoms with Crippen molar-refractivity contribution in [2.24, 2.45) is 0 Å². The summed E-state index contributed by atoms with van der Waals surface area (Å²) in [6, 6.07) is 101. The number of nitrogens with zero attached hydrogens (tertiary/aromatic N) is 2. The van der Waals surface area contributed by atoms with E-state index >= 15 is 0 Å². The molecular weight excluding hydrogens is 821 g/mol. The molecule has 1 aromatic heterocycles. The van der Waals surface area contributed by atoms with Crippen LogP contribution >= 0.6 is 0 Å². The van der Waals surface area contributed by atoms with Crippen molar-refractivity contribution in [2.75, 3.05) is 4.90 Å². The molecule has 0 spiro atoms. The summed E-state index contributed by atoms with van der Waals surface area (Å²) >= 11 is 0. The van der Waals surface area contributed by atoms with Crippen LogP contribution in [0.15, 0.2) is 279 Å². The lowest BCUT2D eigenvalue weighted by molar-refractivity contribution is 1.17. The summed E-state index contributed by atoms with van der Waals surface area (Å²) in [6.07, 6.45) is 0. The first-order chi connectivity index (χ1) is 33.7. The van der Waals surface area contributed by atoms with Crippen LogP contribution in [0.3, 0.4) is 0 Å². The highest BCUT2D eigenvalue weighted by Crippen LogP contribution is 2.46. The van der Waals surface area contributed by atoms with Crippen molar-refractivity contribution >= 4 is 38.9 Å². The maximum atomic E-state index is 2.42. The van der Waals surface area contributed by atoms with Crippen LogP contribution in [0.5, 0.6) is 0 Å². The largest absolute Gasteiger partial charge is 0.310 e. The molecule has 11 aromatic carbocycles. The molecular formula is C66H46N2. The van der Waals surface area contributed by atoms with Gasteiger partial charge in [-0.2, -0.15) is 0 Å². The van der Waals surface area contributed by atoms with E-state index in [4.69, 9.17) is 0 Å². The molecule has 0 aliphatic rings. The van der Waals surface area contributed by atoms with E-state index in [9.17, 15) is 0 Å². The van der Waals surface area contributed by atoms with E-state index in [1.54, 1.807) is 0 Å². The van der Waals surface area contributed by atoms with Gasteiger partial charge in [-0.3, -0.25) is 0 Å². The fraction of sp³-hybridized carbons (Fsp3) is 0. The number of hydrogen-bond acceptors (Lipinski definition) is 1. The van der Waals surface area contributed by atoms with Gasteiger partial charge in [0.15, 0.2) is 0 Å². The zero-order valence-corrected chi connectivity index (χ0v) is 37.5. The Morgan fingerprint density at radius 1 is 0.235 bits per heavy atom. The van der Waals surface area contributed by atoms with E-state index in [1.165, 1.54) is 77.4 Å². The second kappa shape index (κ2) is 17.8. The molecule has 12 rings (SSSR count). The number of rotatable bonds is 10. The summed E-state index contributed by atoms with van der Waals surface area (Å²) < 4.78 is 2.38. The van der Waals surface area contributed by atoms with Gasteiger partial charge < -0.3 is 9.47 Å². The molecule has 0 radical (unpaired) electrons. The summed E-state index contributed by atoms with van der Waals surface area (Å²) in [4.78, 5) is 2.42. The molecule has 0 saturated carbocycles. The van der Waals surface area contributed by atoms with Crippen LogP contribution in [0.1, 0.15) is 0 Å². The quantitative estimate of drug-likeness (QED) is 0.133. The third-order valence-corrected chi connectivity index (χ3v) is 13.3. The van der Waals surface area contributed by atoms with E-state index in [0.29, 0.717) is 0 Å². The molecule has 320 valence electrons. The fourth-order valence-electron chi connectivity index (χ4n) is 9.96. The number of hydrogen-bond donors (Lipinski definition) is 0. The molecule has 68 heavy (non-hydrogen) atoms. The van der Waals surface area contributed by atoms with E-state index in [1.807, 2.05) is 0 Å². The molecule has 0 unspecified atom stereocenters. The molecule has 2 nitrogen and oxygen atoms in total. The van der Waals surface area contributed by atoms with E-state index in [0.717, 1.165) is 33.9 Å². The van der Waals surface area contributed by atoms with Gasteiger partial charge in [0, 0.05) is 33.4 Å². The van der Waals surface area contributed by atoms with Crippen molar-refractivity contribution in [3.8, 4) is 72.4 Å². The van der Waals surface area contributed by atoms with Crippen molar-refractivity contribution < 1.29 is 0 Å². The van der Waals surface area contributed by atoms with Crippen LogP contribution in [0.25, 0.3) is 94.3 Å². The van der Waals surface area contributed by atoms with Gasteiger partial charge in [0.1, 0.15) is 0 Å². The predicted molar refractivity (Wildman–Crippen MR) is 288 cm³/mol. The molecule has 0 fully saturated rings. The van der Waals surface area contributed by atoms with Gasteiger partial charge in [-0.05, 0) is 122 Å². The van der Waals surface area contributed by atoms with Crippen molar-refractivity contribution in [2.45, 2.75) is 0 Å². The highest BCUT2D eigenvalue weighted by Gasteiger charge is 2.22. The standard InChI is InChI=1S/C66H46N2/c1-4-18-47(19-5-1)49-32-34-50(35-33-49)51-36-39-54(40-37-51)67(55-41-43-56(44-42-55)68-65-30-16-13-27-61(65)62-28-14-17-31-66(62)68)64-29-15-12-26-60(64)58-24-10-11-25-59(58)63-46-53(48-20-6-2-7-21-48)38-45-57(63)52-22-8-3-9-23-52/h1-46H. The Morgan fingerprint density at radius 2 is 0.618 bits per heavy atom. The van der Waals surface area contributed by atoms with Crippen LogP contribution in [0.2, 0.25) is 0 Å². The highest BCUT2D eigenvalue weighted by molar-refractivity contribution is 6.09. The van der Waals surface area contributed by atoms with Gasteiger partial charge in [-0.1, -0.05) is 218 Å². The maximum absolute atomic E-state index is 2.42. The van der Waals surface area contributed by atoms with Gasteiger partial charge >= 0.3 is 0 Å². The number of para-hydroxylation sites is 3. The Bertz CT molecular complexity index is 3630. The lowest BCUT2D eigenvalue weighted by Gasteiger charge is -2.29. The maximum Gasteiger partial charge on any atom is 0.0541 e. The van der Waals surface area contributed by atoms with Crippen LogP contribution in [0, 0.1) is 0 Å². The molecule has 0 saturated heterocycles. The van der Waals surface area contributed by atoms with E-state index in [-0.39, 0.29) is 0 Å². The predicted octanol–water partition coefficient (Wildman–Crippen LogP) is 18.3. The van der Waals surface area contributed by atoms with Gasteiger partial charge in [-0.15, -0.1) is 0 Å². The zero-order chi connectivity index (χ0) is 45.2. The second-order valence-electron chi connectivity index (χ2n) is 17.3. The average Bonchev–Trinajstić information content (AvgIpc) is 3.76. The molecule has 0 atom stereocenters. The molecule has 12 aromatic rings. The van der Waals surface area contributed by atoms with E-state index in [2.05, 4.69) is 289 Å². The Balaban J connectivity index is 1.01. The molecule has 0 aliphatic heterocycles. The monoisotopic (exact) mass is 866 g/mol. The third kappa shape index (κ3) is 7.54. The summed E-state index contributed by atoms with van der Waals surface area (Å²) in [5.41, 5.74) is 20.9. The number of anilines is 3. The minimum Gasteiger partial charge on any atom is -0.310 e. The molecule has 1 heterocycles. The smallest absolute Gasteiger partial charge is 0.0541 e. The minimum atomic E-state index is 1.07. The Kier molecular flexibility index (Phi) is 10.6. The molecule has 0 N–H and O–H groups in total. The van der Waals surface area contributed by atoms with Crippen molar-refractivity contribution in [3.63, 3.8) is 0 Å². The number of aromatic nitrogens is 1. The summed E-state index contributed by atoms with van der Waals surface area (Å²) in [6.45, 7) is 0. The average molecular weight is 867 g/mol. The fourth-order valence-corrected chi connectivity index (χ4v) is 9.96. The number of benzene rings is 11. The normalized spacial score (nSPS) is 11.2. The van der Waals surface area contributed by atoms with E-state index < -0.39 is 0 Å². The highest BCUT2D eigenvalue weighted by atomic mass is 15.1. The van der Waals surface area contributed by atoms with Gasteiger partial charge in [0.05, 0.1) is 16.7 Å². The lowest BCUT2D eigenvalue weighted by atomic mass is 9.87. The first-order valence-electron chi connectivity index (χ1n) is 23.3. The van der Waals surface area contributed by atoms with Crippen molar-refractivity contribution in [1.82, 2.24) is 4.57 Å².